The van der Waals surface area contributed by atoms with Crippen LogP contribution in [0.5, 0.6) is 5.75 Å². The van der Waals surface area contributed by atoms with Gasteiger partial charge in [0, 0.05) is 6.07 Å². The molecule has 0 aliphatic carbocycles. The van der Waals surface area contributed by atoms with E-state index in [2.05, 4.69) is 15.9 Å². The second-order valence-electron chi connectivity index (χ2n) is 5.29. The summed E-state index contributed by atoms with van der Waals surface area (Å²) in [6, 6.07) is 12.4. The highest BCUT2D eigenvalue weighted by Crippen LogP contribution is 2.41. The number of fused-ring (bicyclic) bond motifs is 1. The zero-order valence-electron chi connectivity index (χ0n) is 12.2. The minimum Gasteiger partial charge on any atom is -0.479 e. The normalized spacial score (nSPS) is 18.6. The van der Waals surface area contributed by atoms with Gasteiger partial charge in [-0.1, -0.05) is 30.3 Å². The molecule has 0 fully saturated rings. The van der Waals surface area contributed by atoms with Crippen LogP contribution in [-0.2, 0) is 4.79 Å². The Morgan fingerprint density at radius 3 is 2.64 bits per heavy atom. The molecular weight excluding hydrogens is 349 g/mol. The van der Waals surface area contributed by atoms with E-state index in [1.807, 2.05) is 37.3 Å². The number of carbonyl (C=O) groups is 1. The Morgan fingerprint density at radius 2 is 1.95 bits per heavy atom. The van der Waals surface area contributed by atoms with Gasteiger partial charge in [0.15, 0.2) is 6.10 Å². The van der Waals surface area contributed by atoms with E-state index in [0.29, 0.717) is 15.9 Å². The monoisotopic (exact) mass is 363 g/mol. The molecule has 0 aromatic heterocycles. The molecule has 0 saturated carbocycles. The number of halogens is 2. The second kappa shape index (κ2) is 5.72. The molecule has 0 N–H and O–H groups in total. The van der Waals surface area contributed by atoms with Gasteiger partial charge in [0.1, 0.15) is 11.6 Å². The van der Waals surface area contributed by atoms with Gasteiger partial charge in [0.25, 0.3) is 5.91 Å². The minimum absolute atomic E-state index is 0.175. The fourth-order valence-electron chi connectivity index (χ4n) is 2.64. The summed E-state index contributed by atoms with van der Waals surface area (Å²) in [6.45, 7) is 3.63. The highest BCUT2D eigenvalue weighted by Gasteiger charge is 2.35. The first kappa shape index (κ1) is 15.0. The van der Waals surface area contributed by atoms with Crippen molar-refractivity contribution in [2.24, 2.45) is 0 Å². The molecule has 2 atom stereocenters. The van der Waals surface area contributed by atoms with Gasteiger partial charge in [0.2, 0.25) is 0 Å². The van der Waals surface area contributed by atoms with Crippen LogP contribution in [0.1, 0.15) is 25.5 Å². The van der Waals surface area contributed by atoms with Gasteiger partial charge in [-0.25, -0.2) is 4.39 Å². The lowest BCUT2D eigenvalue weighted by molar-refractivity contribution is -0.126. The highest BCUT2D eigenvalue weighted by molar-refractivity contribution is 9.10. The average Bonchev–Trinajstić information content (AvgIpc) is 2.51. The number of nitrogens with zero attached hydrogens (tertiary/aromatic N) is 1. The van der Waals surface area contributed by atoms with Crippen LogP contribution in [0.4, 0.5) is 10.1 Å². The lowest BCUT2D eigenvalue weighted by Gasteiger charge is -2.37. The Labute approximate surface area is 136 Å². The average molecular weight is 364 g/mol. The van der Waals surface area contributed by atoms with E-state index in [9.17, 15) is 9.18 Å². The molecule has 114 valence electrons. The zero-order chi connectivity index (χ0) is 15.9. The molecule has 1 aliphatic heterocycles. The lowest BCUT2D eigenvalue weighted by atomic mass is 10.0. The Balaban J connectivity index is 2.11. The highest BCUT2D eigenvalue weighted by atomic mass is 79.9. The molecule has 1 amide bonds. The third kappa shape index (κ3) is 2.50. The van der Waals surface area contributed by atoms with E-state index in [0.717, 1.165) is 5.56 Å². The molecule has 2 aromatic rings. The van der Waals surface area contributed by atoms with E-state index < -0.39 is 11.9 Å². The summed E-state index contributed by atoms with van der Waals surface area (Å²) in [6.07, 6.45) is -0.601. The van der Waals surface area contributed by atoms with E-state index >= 15 is 0 Å². The van der Waals surface area contributed by atoms with Crippen LogP contribution in [-0.4, -0.2) is 12.0 Å². The largest absolute Gasteiger partial charge is 0.479 e. The standard InChI is InChI=1S/C17H15BrFNO2/c1-10(12-6-4-3-5-7-12)20-15-9-14(19)13(18)8-16(15)22-11(2)17(20)21/h3-11H,1-2H3/t10-,11+/m0/s1. The van der Waals surface area contributed by atoms with Crippen molar-refractivity contribution < 1.29 is 13.9 Å². The molecule has 2 aromatic carbocycles. The van der Waals surface area contributed by atoms with Gasteiger partial charge < -0.3 is 4.74 Å². The molecule has 1 heterocycles. The fourth-order valence-corrected chi connectivity index (χ4v) is 2.96. The fraction of sp³-hybridized carbons (Fsp3) is 0.235. The van der Waals surface area contributed by atoms with Gasteiger partial charge in [-0.15, -0.1) is 0 Å². The molecule has 3 nitrogen and oxygen atoms in total. The number of hydrogen-bond donors (Lipinski definition) is 0. The molecule has 5 heteroatoms. The van der Waals surface area contributed by atoms with Crippen LogP contribution in [0.3, 0.4) is 0 Å². The van der Waals surface area contributed by atoms with Crippen LogP contribution < -0.4 is 9.64 Å². The SMILES string of the molecule is C[C@H]1Oc2cc(Br)c(F)cc2N([C@@H](C)c2ccccc2)C1=O. The molecule has 0 spiro atoms. The van der Waals surface area contributed by atoms with Crippen LogP contribution in [0.25, 0.3) is 0 Å². The van der Waals surface area contributed by atoms with E-state index in [-0.39, 0.29) is 11.9 Å². The van der Waals surface area contributed by atoms with Crippen molar-refractivity contribution in [3.05, 3.63) is 58.3 Å². The Kier molecular flexibility index (Phi) is 3.91. The minimum atomic E-state index is -0.601. The number of amides is 1. The molecule has 3 rings (SSSR count). The van der Waals surface area contributed by atoms with Crippen LogP contribution >= 0.6 is 15.9 Å². The summed E-state index contributed by atoms with van der Waals surface area (Å²) >= 11 is 3.15. The Bertz CT molecular complexity index is 720. The smallest absolute Gasteiger partial charge is 0.268 e. The summed E-state index contributed by atoms with van der Waals surface area (Å²) in [7, 11) is 0. The molecule has 22 heavy (non-hydrogen) atoms. The summed E-state index contributed by atoms with van der Waals surface area (Å²) in [4.78, 5) is 14.2. The van der Waals surface area contributed by atoms with Crippen molar-refractivity contribution in [2.75, 3.05) is 4.90 Å². The van der Waals surface area contributed by atoms with Crippen LogP contribution in [0.2, 0.25) is 0 Å². The van der Waals surface area contributed by atoms with E-state index in [1.54, 1.807) is 17.9 Å². The maximum Gasteiger partial charge on any atom is 0.268 e. The topological polar surface area (TPSA) is 29.5 Å². The zero-order valence-corrected chi connectivity index (χ0v) is 13.8. The second-order valence-corrected chi connectivity index (χ2v) is 6.14. The third-order valence-electron chi connectivity index (χ3n) is 3.82. The number of ether oxygens (including phenoxy) is 1. The number of benzene rings is 2. The maximum atomic E-state index is 13.9. The Hall–Kier alpha value is -1.88. The number of carbonyl (C=O) groups excluding carboxylic acids is 1. The van der Waals surface area contributed by atoms with Crippen molar-refractivity contribution in [3.63, 3.8) is 0 Å². The quantitative estimate of drug-likeness (QED) is 0.787. The van der Waals surface area contributed by atoms with Crippen molar-refractivity contribution in [1.29, 1.82) is 0 Å². The van der Waals surface area contributed by atoms with E-state index in [1.165, 1.54) is 6.07 Å². The van der Waals surface area contributed by atoms with Crippen LogP contribution in [0, 0.1) is 5.82 Å². The third-order valence-corrected chi connectivity index (χ3v) is 4.43. The van der Waals surface area contributed by atoms with Gasteiger partial charge in [-0.05, 0) is 41.4 Å². The van der Waals surface area contributed by atoms with Crippen molar-refractivity contribution in [2.45, 2.75) is 26.0 Å². The first-order chi connectivity index (χ1) is 10.5. The summed E-state index contributed by atoms with van der Waals surface area (Å²) < 4.78 is 19.9. The van der Waals surface area contributed by atoms with Crippen molar-refractivity contribution in [1.82, 2.24) is 0 Å². The Morgan fingerprint density at radius 1 is 1.27 bits per heavy atom. The predicted octanol–water partition coefficient (Wildman–Crippen LogP) is 4.46. The maximum absolute atomic E-state index is 13.9. The van der Waals surface area contributed by atoms with Gasteiger partial charge in [0.05, 0.1) is 16.2 Å². The molecule has 0 radical (unpaired) electrons. The van der Waals surface area contributed by atoms with Crippen molar-refractivity contribution in [3.8, 4) is 5.75 Å². The predicted molar refractivity (Wildman–Crippen MR) is 86.5 cm³/mol. The summed E-state index contributed by atoms with van der Waals surface area (Å²) in [5.74, 6) is -0.0938. The summed E-state index contributed by atoms with van der Waals surface area (Å²) in [5.41, 5.74) is 1.44. The first-order valence-corrected chi connectivity index (χ1v) is 7.82. The van der Waals surface area contributed by atoms with Gasteiger partial charge in [-0.2, -0.15) is 0 Å². The van der Waals surface area contributed by atoms with Gasteiger partial charge >= 0.3 is 0 Å². The molecule has 0 bridgehead atoms. The van der Waals surface area contributed by atoms with E-state index in [4.69, 9.17) is 4.74 Å². The molecule has 1 aliphatic rings. The lowest BCUT2D eigenvalue weighted by Crippen LogP contribution is -2.45. The van der Waals surface area contributed by atoms with Gasteiger partial charge in [-0.3, -0.25) is 9.69 Å². The number of hydrogen-bond acceptors (Lipinski definition) is 2. The molecule has 0 unspecified atom stereocenters. The summed E-state index contributed by atoms with van der Waals surface area (Å²) in [5, 5.41) is 0. The number of rotatable bonds is 2. The number of anilines is 1. The molecule has 0 saturated heterocycles. The first-order valence-electron chi connectivity index (χ1n) is 7.02. The van der Waals surface area contributed by atoms with Crippen LogP contribution in [0.15, 0.2) is 46.9 Å². The van der Waals surface area contributed by atoms with Crippen molar-refractivity contribution >= 4 is 27.5 Å². The molecular formula is C17H15BrFNO2.